The number of nitrogens with one attached hydrogen (secondary N) is 1. The first-order valence-corrected chi connectivity index (χ1v) is 5.33. The molecule has 0 saturated carbocycles. The second-order valence-corrected chi connectivity index (χ2v) is 4.13. The predicted molar refractivity (Wildman–Crippen MR) is 63.2 cm³/mol. The van der Waals surface area contributed by atoms with E-state index < -0.39 is 0 Å². The average Bonchev–Trinajstić information content (AvgIpc) is 2.50. The predicted octanol–water partition coefficient (Wildman–Crippen LogP) is 2.63. The van der Waals surface area contributed by atoms with Crippen molar-refractivity contribution in [2.24, 2.45) is 7.05 Å². The molecule has 0 aliphatic rings. The Morgan fingerprint density at radius 1 is 1.47 bits per heavy atom. The van der Waals surface area contributed by atoms with Gasteiger partial charge in [-0.15, -0.1) is 0 Å². The number of nitrogens with zero attached hydrogens (tertiary/aromatic N) is 3. The van der Waals surface area contributed by atoms with Crippen LogP contribution in [0.3, 0.4) is 0 Å². The van der Waals surface area contributed by atoms with Crippen LogP contribution in [0.4, 0.5) is 11.5 Å². The molecule has 0 amide bonds. The van der Waals surface area contributed by atoms with Gasteiger partial charge >= 0.3 is 0 Å². The molecule has 0 atom stereocenters. The van der Waals surface area contributed by atoms with E-state index in [1.807, 2.05) is 30.8 Å². The van der Waals surface area contributed by atoms with E-state index in [0.29, 0.717) is 0 Å². The first-order valence-electron chi connectivity index (χ1n) is 4.54. The summed E-state index contributed by atoms with van der Waals surface area (Å²) < 4.78 is 2.76. The number of hydrogen-bond donors (Lipinski definition) is 1. The molecule has 0 saturated heterocycles. The fraction of sp³-hybridized carbons (Fsp3) is 0.200. The Balaban J connectivity index is 2.26. The second-order valence-electron chi connectivity index (χ2n) is 3.28. The largest absolute Gasteiger partial charge is 0.338 e. The number of halogens is 1. The van der Waals surface area contributed by atoms with Crippen molar-refractivity contribution in [1.29, 1.82) is 0 Å². The van der Waals surface area contributed by atoms with Gasteiger partial charge in [0.2, 0.25) is 0 Å². The molecule has 5 heteroatoms. The van der Waals surface area contributed by atoms with Crippen LogP contribution >= 0.6 is 15.9 Å². The SMILES string of the molecule is Cc1cc(Nc2ccncc2Br)nn1C. The van der Waals surface area contributed by atoms with Gasteiger partial charge in [0.25, 0.3) is 0 Å². The summed E-state index contributed by atoms with van der Waals surface area (Å²) in [6.07, 6.45) is 3.49. The van der Waals surface area contributed by atoms with E-state index in [9.17, 15) is 0 Å². The lowest BCUT2D eigenvalue weighted by Crippen LogP contribution is -1.95. The standard InChI is InChI=1S/C10H11BrN4/c1-7-5-10(14-15(7)2)13-9-3-4-12-6-8(9)11/h3-6H,1-2H3,(H,12,13,14). The topological polar surface area (TPSA) is 42.7 Å². The minimum absolute atomic E-state index is 0.835. The highest BCUT2D eigenvalue weighted by atomic mass is 79.9. The van der Waals surface area contributed by atoms with Gasteiger partial charge in [-0.1, -0.05) is 0 Å². The van der Waals surface area contributed by atoms with Gasteiger partial charge in [0, 0.05) is 31.2 Å². The van der Waals surface area contributed by atoms with E-state index in [0.717, 1.165) is 21.7 Å². The van der Waals surface area contributed by atoms with Gasteiger partial charge in [-0.25, -0.2) is 0 Å². The highest BCUT2D eigenvalue weighted by Gasteiger charge is 2.03. The van der Waals surface area contributed by atoms with Crippen LogP contribution in [-0.2, 0) is 7.05 Å². The van der Waals surface area contributed by atoms with Gasteiger partial charge < -0.3 is 5.32 Å². The van der Waals surface area contributed by atoms with Gasteiger partial charge in [0.15, 0.2) is 5.82 Å². The maximum Gasteiger partial charge on any atom is 0.152 e. The molecule has 0 bridgehead atoms. The van der Waals surface area contributed by atoms with Crippen LogP contribution in [0.15, 0.2) is 29.0 Å². The third-order valence-corrected chi connectivity index (χ3v) is 2.78. The van der Waals surface area contributed by atoms with Gasteiger partial charge in [-0.05, 0) is 28.9 Å². The summed E-state index contributed by atoms with van der Waals surface area (Å²) in [5.41, 5.74) is 2.07. The molecule has 78 valence electrons. The minimum atomic E-state index is 0.835. The van der Waals surface area contributed by atoms with Gasteiger partial charge in [-0.3, -0.25) is 9.67 Å². The average molecular weight is 267 g/mol. The summed E-state index contributed by atoms with van der Waals surface area (Å²) in [7, 11) is 1.92. The van der Waals surface area contributed by atoms with Crippen LogP contribution in [0, 0.1) is 6.92 Å². The summed E-state index contributed by atoms with van der Waals surface area (Å²) in [6, 6.07) is 3.89. The van der Waals surface area contributed by atoms with Crippen molar-refractivity contribution in [3.63, 3.8) is 0 Å². The fourth-order valence-corrected chi connectivity index (χ4v) is 1.59. The van der Waals surface area contributed by atoms with Crippen molar-refractivity contribution in [2.75, 3.05) is 5.32 Å². The van der Waals surface area contributed by atoms with E-state index >= 15 is 0 Å². The van der Waals surface area contributed by atoms with E-state index in [-0.39, 0.29) is 0 Å². The molecule has 0 spiro atoms. The first-order chi connectivity index (χ1) is 7.16. The second kappa shape index (κ2) is 4.02. The van der Waals surface area contributed by atoms with E-state index in [1.165, 1.54) is 0 Å². The Hall–Kier alpha value is -1.36. The Kier molecular flexibility index (Phi) is 2.73. The van der Waals surface area contributed by atoms with E-state index in [2.05, 4.69) is 31.3 Å². The molecule has 0 aromatic carbocycles. The molecule has 0 radical (unpaired) electrons. The minimum Gasteiger partial charge on any atom is -0.338 e. The van der Waals surface area contributed by atoms with Crippen LogP contribution in [-0.4, -0.2) is 14.8 Å². The summed E-state index contributed by atoms with van der Waals surface area (Å²) in [6.45, 7) is 2.01. The van der Waals surface area contributed by atoms with E-state index in [4.69, 9.17) is 0 Å². The number of rotatable bonds is 2. The van der Waals surface area contributed by atoms with Crippen LogP contribution < -0.4 is 5.32 Å². The lowest BCUT2D eigenvalue weighted by molar-refractivity contribution is 0.743. The Morgan fingerprint density at radius 3 is 2.87 bits per heavy atom. The number of hydrogen-bond acceptors (Lipinski definition) is 3. The summed E-state index contributed by atoms with van der Waals surface area (Å²) >= 11 is 3.42. The molecule has 0 aliphatic heterocycles. The molecule has 4 nitrogen and oxygen atoms in total. The zero-order chi connectivity index (χ0) is 10.8. The van der Waals surface area contributed by atoms with Crippen LogP contribution in [0.1, 0.15) is 5.69 Å². The van der Waals surface area contributed by atoms with Crippen molar-refractivity contribution in [3.05, 3.63) is 34.7 Å². The van der Waals surface area contributed by atoms with Crippen LogP contribution in [0.5, 0.6) is 0 Å². The number of pyridine rings is 1. The molecule has 2 heterocycles. The molecule has 15 heavy (non-hydrogen) atoms. The molecule has 1 N–H and O–H groups in total. The smallest absolute Gasteiger partial charge is 0.152 e. The van der Waals surface area contributed by atoms with Crippen LogP contribution in [0.2, 0.25) is 0 Å². The third-order valence-electron chi connectivity index (χ3n) is 2.15. The molecule has 0 fully saturated rings. The Labute approximate surface area is 96.5 Å². The van der Waals surface area contributed by atoms with Crippen molar-refractivity contribution >= 4 is 27.4 Å². The van der Waals surface area contributed by atoms with Crippen molar-refractivity contribution < 1.29 is 0 Å². The van der Waals surface area contributed by atoms with E-state index in [1.54, 1.807) is 12.4 Å². The van der Waals surface area contributed by atoms with Crippen LogP contribution in [0.25, 0.3) is 0 Å². The van der Waals surface area contributed by atoms with Crippen molar-refractivity contribution in [1.82, 2.24) is 14.8 Å². The van der Waals surface area contributed by atoms with Gasteiger partial charge in [0.05, 0.1) is 10.2 Å². The number of aryl methyl sites for hydroxylation is 2. The highest BCUT2D eigenvalue weighted by molar-refractivity contribution is 9.10. The Bertz CT molecular complexity index is 459. The molecule has 0 aliphatic carbocycles. The van der Waals surface area contributed by atoms with Crippen molar-refractivity contribution in [3.8, 4) is 0 Å². The molecule has 2 aromatic rings. The maximum atomic E-state index is 4.31. The molecule has 2 rings (SSSR count). The summed E-state index contributed by atoms with van der Waals surface area (Å²) in [5.74, 6) is 0.835. The molecule has 2 aromatic heterocycles. The quantitative estimate of drug-likeness (QED) is 0.909. The Morgan fingerprint density at radius 2 is 2.27 bits per heavy atom. The lowest BCUT2D eigenvalue weighted by Gasteiger charge is -2.03. The highest BCUT2D eigenvalue weighted by Crippen LogP contribution is 2.23. The number of anilines is 2. The third kappa shape index (κ3) is 2.18. The fourth-order valence-electron chi connectivity index (χ4n) is 1.24. The normalized spacial score (nSPS) is 10.3. The molecular formula is C10H11BrN4. The number of aromatic nitrogens is 3. The monoisotopic (exact) mass is 266 g/mol. The first kappa shape index (κ1) is 10.2. The summed E-state index contributed by atoms with van der Waals surface area (Å²) in [4.78, 5) is 4.00. The molecule has 0 unspecified atom stereocenters. The molecular weight excluding hydrogens is 256 g/mol. The van der Waals surface area contributed by atoms with Gasteiger partial charge in [-0.2, -0.15) is 5.10 Å². The zero-order valence-electron chi connectivity index (χ0n) is 8.53. The lowest BCUT2D eigenvalue weighted by atomic mass is 10.4. The van der Waals surface area contributed by atoms with Crippen molar-refractivity contribution in [2.45, 2.75) is 6.92 Å². The van der Waals surface area contributed by atoms with Gasteiger partial charge in [0.1, 0.15) is 0 Å². The zero-order valence-corrected chi connectivity index (χ0v) is 10.1. The maximum absolute atomic E-state index is 4.31. The summed E-state index contributed by atoms with van der Waals surface area (Å²) in [5, 5.41) is 7.53.